The lowest BCUT2D eigenvalue weighted by atomic mass is 9.96. The molecular weight excluding hydrogens is 292 g/mol. The van der Waals surface area contributed by atoms with Crippen molar-refractivity contribution < 1.29 is 14.6 Å². The second-order valence-electron chi connectivity index (χ2n) is 6.58. The van der Waals surface area contributed by atoms with E-state index in [-0.39, 0.29) is 0 Å². The van der Waals surface area contributed by atoms with Gasteiger partial charge in [-0.2, -0.15) is 0 Å². The van der Waals surface area contributed by atoms with Crippen LogP contribution in [0.4, 0.5) is 0 Å². The average Bonchev–Trinajstić information content (AvgIpc) is 2.58. The summed E-state index contributed by atoms with van der Waals surface area (Å²) in [6.07, 6.45) is 0. The van der Waals surface area contributed by atoms with Crippen LogP contribution in [0.15, 0.2) is 6.07 Å². The molecule has 128 valence electrons. The minimum atomic E-state index is 0.458. The molecule has 2 fully saturated rings. The monoisotopic (exact) mass is 320 g/mol. The highest BCUT2D eigenvalue weighted by atomic mass is 16.5. The normalized spacial score (nSPS) is 20.8. The summed E-state index contributed by atoms with van der Waals surface area (Å²) in [6, 6.07) is 2.14. The molecule has 2 aliphatic rings. The van der Waals surface area contributed by atoms with E-state index >= 15 is 0 Å². The van der Waals surface area contributed by atoms with Crippen LogP contribution in [0.1, 0.15) is 22.3 Å². The van der Waals surface area contributed by atoms with Crippen LogP contribution in [0.3, 0.4) is 0 Å². The van der Waals surface area contributed by atoms with Gasteiger partial charge in [0, 0.05) is 44.8 Å². The molecule has 0 radical (unpaired) electrons. The van der Waals surface area contributed by atoms with E-state index in [0.717, 1.165) is 76.8 Å². The van der Waals surface area contributed by atoms with E-state index in [4.69, 9.17) is 9.47 Å². The topological polar surface area (TPSA) is 45.2 Å². The van der Waals surface area contributed by atoms with Gasteiger partial charge < -0.3 is 14.6 Å². The van der Waals surface area contributed by atoms with Gasteiger partial charge in [0.2, 0.25) is 0 Å². The molecule has 5 nitrogen and oxygen atoms in total. The van der Waals surface area contributed by atoms with Gasteiger partial charge in [0.25, 0.3) is 0 Å². The number of hydrogen-bond donors (Lipinski definition) is 1. The minimum Gasteiger partial charge on any atom is -0.507 e. The van der Waals surface area contributed by atoms with E-state index in [0.29, 0.717) is 5.75 Å². The largest absolute Gasteiger partial charge is 0.507 e. The Kier molecular flexibility index (Phi) is 5.54. The van der Waals surface area contributed by atoms with Gasteiger partial charge in [-0.05, 0) is 30.5 Å². The molecule has 0 atom stereocenters. The molecule has 1 aromatic carbocycles. The van der Waals surface area contributed by atoms with Crippen molar-refractivity contribution in [1.82, 2.24) is 9.80 Å². The van der Waals surface area contributed by atoms with Gasteiger partial charge in [0.1, 0.15) is 5.75 Å². The second-order valence-corrected chi connectivity index (χ2v) is 6.58. The van der Waals surface area contributed by atoms with Gasteiger partial charge >= 0.3 is 0 Å². The molecule has 0 aromatic heterocycles. The van der Waals surface area contributed by atoms with Crippen LogP contribution in [0.2, 0.25) is 0 Å². The molecular formula is C18H28N2O3. The summed E-state index contributed by atoms with van der Waals surface area (Å²) in [7, 11) is 0. The Morgan fingerprint density at radius 1 is 0.913 bits per heavy atom. The molecule has 0 spiro atoms. The van der Waals surface area contributed by atoms with E-state index in [1.165, 1.54) is 11.1 Å². The third kappa shape index (κ3) is 4.04. The minimum absolute atomic E-state index is 0.458. The van der Waals surface area contributed by atoms with Crippen LogP contribution in [0, 0.1) is 13.8 Å². The van der Waals surface area contributed by atoms with E-state index in [1.54, 1.807) is 0 Å². The number of aryl methyl sites for hydroxylation is 1. The standard InChI is InChI=1S/C18H28N2O3/c1-14-11-16(12-19-3-7-22-8-4-19)15(2)17(18(14)21)13-20-5-9-23-10-6-20/h11,21H,3-10,12-13H2,1-2H3. The summed E-state index contributed by atoms with van der Waals surface area (Å²) in [4.78, 5) is 4.80. The zero-order valence-electron chi connectivity index (χ0n) is 14.3. The Labute approximate surface area is 138 Å². The third-order valence-electron chi connectivity index (χ3n) is 4.97. The van der Waals surface area contributed by atoms with Crippen molar-refractivity contribution in [3.05, 3.63) is 28.3 Å². The maximum Gasteiger partial charge on any atom is 0.123 e. The number of phenols is 1. The van der Waals surface area contributed by atoms with E-state index < -0.39 is 0 Å². The smallest absolute Gasteiger partial charge is 0.123 e. The number of morpholine rings is 2. The zero-order valence-corrected chi connectivity index (χ0v) is 14.3. The zero-order chi connectivity index (χ0) is 16.2. The van der Waals surface area contributed by atoms with Crippen LogP contribution in [0.25, 0.3) is 0 Å². The lowest BCUT2D eigenvalue weighted by molar-refractivity contribution is 0.0330. The third-order valence-corrected chi connectivity index (χ3v) is 4.97. The summed E-state index contributed by atoms with van der Waals surface area (Å²) in [5.41, 5.74) is 4.61. The number of benzene rings is 1. The summed E-state index contributed by atoms with van der Waals surface area (Å²) in [6.45, 7) is 12.9. The van der Waals surface area contributed by atoms with Crippen molar-refractivity contribution in [2.75, 3.05) is 52.6 Å². The molecule has 2 heterocycles. The number of ether oxygens (including phenoxy) is 2. The second kappa shape index (κ2) is 7.62. The van der Waals surface area contributed by atoms with Crippen LogP contribution in [-0.2, 0) is 22.6 Å². The first kappa shape index (κ1) is 16.7. The summed E-state index contributed by atoms with van der Waals surface area (Å²) >= 11 is 0. The van der Waals surface area contributed by atoms with Crippen molar-refractivity contribution in [3.63, 3.8) is 0 Å². The SMILES string of the molecule is Cc1cc(CN2CCOCC2)c(C)c(CN2CCOCC2)c1O. The molecule has 1 N–H and O–H groups in total. The van der Waals surface area contributed by atoms with Crippen LogP contribution < -0.4 is 0 Å². The van der Waals surface area contributed by atoms with Gasteiger partial charge in [-0.1, -0.05) is 6.07 Å². The fraction of sp³-hybridized carbons (Fsp3) is 0.667. The summed E-state index contributed by atoms with van der Waals surface area (Å²) < 4.78 is 10.9. The van der Waals surface area contributed by atoms with Crippen LogP contribution in [0.5, 0.6) is 5.75 Å². The van der Waals surface area contributed by atoms with Gasteiger partial charge in [-0.15, -0.1) is 0 Å². The Bertz CT molecular complexity index is 536. The predicted molar refractivity (Wildman–Crippen MR) is 89.8 cm³/mol. The van der Waals surface area contributed by atoms with E-state index in [2.05, 4.69) is 22.8 Å². The van der Waals surface area contributed by atoms with E-state index in [1.807, 2.05) is 6.92 Å². The predicted octanol–water partition coefficient (Wildman–Crippen LogP) is 1.67. The highest BCUT2D eigenvalue weighted by Crippen LogP contribution is 2.30. The molecule has 23 heavy (non-hydrogen) atoms. The molecule has 0 unspecified atom stereocenters. The fourth-order valence-electron chi connectivity index (χ4n) is 3.39. The molecule has 5 heteroatoms. The molecule has 0 amide bonds. The van der Waals surface area contributed by atoms with Gasteiger partial charge in [0.15, 0.2) is 0 Å². The Morgan fingerprint density at radius 3 is 2.00 bits per heavy atom. The van der Waals surface area contributed by atoms with Crippen molar-refractivity contribution in [2.24, 2.45) is 0 Å². The quantitative estimate of drug-likeness (QED) is 0.914. The molecule has 0 aliphatic carbocycles. The molecule has 3 rings (SSSR count). The average molecular weight is 320 g/mol. The first-order valence-electron chi connectivity index (χ1n) is 8.56. The van der Waals surface area contributed by atoms with Gasteiger partial charge in [-0.3, -0.25) is 9.80 Å². The maximum absolute atomic E-state index is 10.5. The Balaban J connectivity index is 1.79. The summed E-state index contributed by atoms with van der Waals surface area (Å²) in [5.74, 6) is 0.458. The molecule has 2 aliphatic heterocycles. The Hall–Kier alpha value is -1.14. The molecule has 0 bridgehead atoms. The van der Waals surface area contributed by atoms with Crippen molar-refractivity contribution in [2.45, 2.75) is 26.9 Å². The van der Waals surface area contributed by atoms with Crippen LogP contribution >= 0.6 is 0 Å². The van der Waals surface area contributed by atoms with Gasteiger partial charge in [0.05, 0.1) is 26.4 Å². The van der Waals surface area contributed by atoms with Crippen molar-refractivity contribution in [3.8, 4) is 5.75 Å². The highest BCUT2D eigenvalue weighted by molar-refractivity contribution is 5.49. The number of rotatable bonds is 4. The van der Waals surface area contributed by atoms with Crippen molar-refractivity contribution >= 4 is 0 Å². The van der Waals surface area contributed by atoms with E-state index in [9.17, 15) is 5.11 Å². The van der Waals surface area contributed by atoms with Crippen LogP contribution in [-0.4, -0.2) is 67.5 Å². The number of phenolic OH excluding ortho intramolecular Hbond substituents is 1. The molecule has 0 saturated carbocycles. The lowest BCUT2D eigenvalue weighted by Gasteiger charge is -2.30. The Morgan fingerprint density at radius 2 is 1.43 bits per heavy atom. The number of hydrogen-bond acceptors (Lipinski definition) is 5. The molecule has 1 aromatic rings. The lowest BCUT2D eigenvalue weighted by Crippen LogP contribution is -2.36. The summed E-state index contributed by atoms with van der Waals surface area (Å²) in [5, 5.41) is 10.5. The number of aromatic hydroxyl groups is 1. The maximum atomic E-state index is 10.5. The molecule has 2 saturated heterocycles. The first-order valence-corrected chi connectivity index (χ1v) is 8.56. The first-order chi connectivity index (χ1) is 11.1. The number of nitrogens with zero attached hydrogens (tertiary/aromatic N) is 2. The fourth-order valence-corrected chi connectivity index (χ4v) is 3.39. The highest BCUT2D eigenvalue weighted by Gasteiger charge is 2.19. The van der Waals surface area contributed by atoms with Crippen molar-refractivity contribution in [1.29, 1.82) is 0 Å². The van der Waals surface area contributed by atoms with Gasteiger partial charge in [-0.25, -0.2) is 0 Å².